The number of phenolic OH excluding ortho intramolecular Hbond substituents is 2. The van der Waals surface area contributed by atoms with Crippen LogP contribution in [0.15, 0.2) is 72.8 Å². The van der Waals surface area contributed by atoms with Crippen LogP contribution in [0.2, 0.25) is 0 Å². The first kappa shape index (κ1) is 18.1. The Labute approximate surface area is 155 Å². The molecular formula is C24H26O2. The van der Waals surface area contributed by atoms with E-state index < -0.39 is 0 Å². The quantitative estimate of drug-likeness (QED) is 0.631. The largest absolute Gasteiger partial charge is 0.507 e. The number of phenols is 2. The predicted octanol–water partition coefficient (Wildman–Crippen LogP) is 5.75. The molecule has 0 aliphatic rings. The van der Waals surface area contributed by atoms with Gasteiger partial charge in [0.25, 0.3) is 0 Å². The Hall–Kier alpha value is -2.74. The number of hydrogen-bond acceptors (Lipinski definition) is 2. The number of hydrogen-bond donors (Lipinski definition) is 2. The van der Waals surface area contributed by atoms with Crippen LogP contribution >= 0.6 is 0 Å². The minimum absolute atomic E-state index is 0.115. The van der Waals surface area contributed by atoms with E-state index in [1.54, 1.807) is 0 Å². The molecule has 134 valence electrons. The van der Waals surface area contributed by atoms with E-state index in [-0.39, 0.29) is 22.3 Å². The Balaban J connectivity index is 2.17. The Morgan fingerprint density at radius 1 is 0.538 bits per heavy atom. The topological polar surface area (TPSA) is 40.5 Å². The van der Waals surface area contributed by atoms with Gasteiger partial charge in [0.15, 0.2) is 0 Å². The van der Waals surface area contributed by atoms with Gasteiger partial charge in [-0.1, -0.05) is 88.4 Å². The molecule has 0 aliphatic carbocycles. The van der Waals surface area contributed by atoms with Gasteiger partial charge in [-0.2, -0.15) is 0 Å². The molecule has 0 saturated heterocycles. The average molecular weight is 346 g/mol. The molecule has 0 unspecified atom stereocenters. The molecular weight excluding hydrogens is 320 g/mol. The van der Waals surface area contributed by atoms with Crippen molar-refractivity contribution >= 4 is 0 Å². The summed E-state index contributed by atoms with van der Waals surface area (Å²) in [5, 5.41) is 21.2. The van der Waals surface area contributed by atoms with Gasteiger partial charge in [0.2, 0.25) is 0 Å². The fourth-order valence-corrected chi connectivity index (χ4v) is 3.60. The molecule has 0 aromatic heterocycles. The normalized spacial score (nSPS) is 12.2. The van der Waals surface area contributed by atoms with Gasteiger partial charge in [0.1, 0.15) is 11.5 Å². The van der Waals surface area contributed by atoms with E-state index in [0.29, 0.717) is 0 Å². The third-order valence-electron chi connectivity index (χ3n) is 5.45. The van der Waals surface area contributed by atoms with Gasteiger partial charge in [0, 0.05) is 28.0 Å². The molecule has 0 saturated carbocycles. The Kier molecular flexibility index (Phi) is 4.53. The van der Waals surface area contributed by atoms with Crippen LogP contribution in [0.3, 0.4) is 0 Å². The summed E-state index contributed by atoms with van der Waals surface area (Å²) in [6, 6.07) is 23.7. The molecule has 2 heteroatoms. The second-order valence-corrected chi connectivity index (χ2v) is 7.87. The Morgan fingerprint density at radius 3 is 1.23 bits per heavy atom. The molecule has 0 heterocycles. The fourth-order valence-electron chi connectivity index (χ4n) is 3.60. The van der Waals surface area contributed by atoms with Crippen LogP contribution in [0.5, 0.6) is 11.5 Å². The van der Waals surface area contributed by atoms with Crippen molar-refractivity contribution in [2.45, 2.75) is 38.5 Å². The zero-order valence-corrected chi connectivity index (χ0v) is 15.8. The summed E-state index contributed by atoms with van der Waals surface area (Å²) in [6.45, 7) is 8.36. The standard InChI is InChI=1S/C24H26O2/c1-23(2,17-11-7-5-8-12-17)19-15-20(22(26)16-21(19)25)24(3,4)18-13-9-6-10-14-18/h5-16,25-26H,1-4H3. The summed E-state index contributed by atoms with van der Waals surface area (Å²) >= 11 is 0. The van der Waals surface area contributed by atoms with Gasteiger partial charge in [-0.25, -0.2) is 0 Å². The van der Waals surface area contributed by atoms with E-state index in [9.17, 15) is 10.2 Å². The lowest BCUT2D eigenvalue weighted by atomic mass is 9.72. The summed E-state index contributed by atoms with van der Waals surface area (Å²) in [4.78, 5) is 0. The number of benzene rings is 3. The van der Waals surface area contributed by atoms with Gasteiger partial charge in [-0.15, -0.1) is 0 Å². The van der Waals surface area contributed by atoms with Crippen LogP contribution in [0.1, 0.15) is 49.9 Å². The van der Waals surface area contributed by atoms with Crippen molar-refractivity contribution in [1.29, 1.82) is 0 Å². The van der Waals surface area contributed by atoms with E-state index in [4.69, 9.17) is 0 Å². The third kappa shape index (κ3) is 3.08. The van der Waals surface area contributed by atoms with E-state index in [2.05, 4.69) is 52.0 Å². The van der Waals surface area contributed by atoms with Crippen molar-refractivity contribution in [3.63, 3.8) is 0 Å². The van der Waals surface area contributed by atoms with Crippen LogP contribution < -0.4 is 0 Å². The van der Waals surface area contributed by atoms with Crippen LogP contribution in [0, 0.1) is 0 Å². The lowest BCUT2D eigenvalue weighted by molar-refractivity contribution is 0.424. The number of aromatic hydroxyl groups is 2. The molecule has 3 aromatic carbocycles. The SMILES string of the molecule is CC(C)(c1ccccc1)c1cc(C(C)(C)c2ccccc2)c(O)cc1O. The first-order chi connectivity index (χ1) is 12.2. The predicted molar refractivity (Wildman–Crippen MR) is 107 cm³/mol. The van der Waals surface area contributed by atoms with Gasteiger partial charge < -0.3 is 10.2 Å². The summed E-state index contributed by atoms with van der Waals surface area (Å²) in [5.41, 5.74) is 3.07. The highest BCUT2D eigenvalue weighted by Crippen LogP contribution is 2.44. The second-order valence-electron chi connectivity index (χ2n) is 7.87. The molecule has 0 aliphatic heterocycles. The van der Waals surface area contributed by atoms with Crippen molar-refractivity contribution in [2.24, 2.45) is 0 Å². The maximum Gasteiger partial charge on any atom is 0.123 e. The smallest absolute Gasteiger partial charge is 0.123 e. The summed E-state index contributed by atoms with van der Waals surface area (Å²) in [7, 11) is 0. The highest BCUT2D eigenvalue weighted by Gasteiger charge is 2.32. The van der Waals surface area contributed by atoms with E-state index in [1.165, 1.54) is 6.07 Å². The van der Waals surface area contributed by atoms with Gasteiger partial charge in [-0.05, 0) is 17.2 Å². The molecule has 26 heavy (non-hydrogen) atoms. The molecule has 2 nitrogen and oxygen atoms in total. The molecule has 0 bridgehead atoms. The lowest BCUT2D eigenvalue weighted by Crippen LogP contribution is -2.23. The average Bonchev–Trinajstić information content (AvgIpc) is 2.62. The van der Waals surface area contributed by atoms with E-state index >= 15 is 0 Å². The first-order valence-corrected chi connectivity index (χ1v) is 8.92. The summed E-state index contributed by atoms with van der Waals surface area (Å²) in [6.07, 6.45) is 0. The van der Waals surface area contributed by atoms with Gasteiger partial charge in [0.05, 0.1) is 0 Å². The molecule has 0 fully saturated rings. The van der Waals surface area contributed by atoms with Gasteiger partial charge >= 0.3 is 0 Å². The van der Waals surface area contributed by atoms with Crippen LogP contribution in [-0.4, -0.2) is 10.2 Å². The van der Waals surface area contributed by atoms with Crippen molar-refractivity contribution in [3.8, 4) is 11.5 Å². The minimum Gasteiger partial charge on any atom is -0.507 e. The van der Waals surface area contributed by atoms with Gasteiger partial charge in [-0.3, -0.25) is 0 Å². The maximum atomic E-state index is 10.6. The van der Waals surface area contributed by atoms with Crippen LogP contribution in [0.25, 0.3) is 0 Å². The molecule has 0 spiro atoms. The molecule has 0 atom stereocenters. The molecule has 3 rings (SSSR count). The molecule has 2 N–H and O–H groups in total. The molecule has 0 radical (unpaired) electrons. The summed E-state index contributed by atoms with van der Waals surface area (Å²) < 4.78 is 0. The number of rotatable bonds is 4. The lowest BCUT2D eigenvalue weighted by Gasteiger charge is -2.32. The van der Waals surface area contributed by atoms with Crippen molar-refractivity contribution in [3.05, 3.63) is 95.1 Å². The molecule has 0 amide bonds. The minimum atomic E-state index is -0.388. The first-order valence-electron chi connectivity index (χ1n) is 8.92. The third-order valence-corrected chi connectivity index (χ3v) is 5.45. The second kappa shape index (κ2) is 6.53. The molecule has 3 aromatic rings. The zero-order chi connectivity index (χ0) is 18.9. The van der Waals surface area contributed by atoms with E-state index in [0.717, 1.165) is 22.3 Å². The Bertz CT molecular complexity index is 822. The van der Waals surface area contributed by atoms with Crippen LogP contribution in [-0.2, 0) is 10.8 Å². The Morgan fingerprint density at radius 2 is 0.885 bits per heavy atom. The highest BCUT2D eigenvalue weighted by molar-refractivity contribution is 5.55. The maximum absolute atomic E-state index is 10.6. The zero-order valence-electron chi connectivity index (χ0n) is 15.8. The monoisotopic (exact) mass is 346 g/mol. The fraction of sp³-hybridized carbons (Fsp3) is 0.250. The van der Waals surface area contributed by atoms with Crippen molar-refractivity contribution in [2.75, 3.05) is 0 Å². The highest BCUT2D eigenvalue weighted by atomic mass is 16.3. The van der Waals surface area contributed by atoms with E-state index in [1.807, 2.05) is 42.5 Å². The van der Waals surface area contributed by atoms with Crippen LogP contribution in [0.4, 0.5) is 0 Å². The van der Waals surface area contributed by atoms with Crippen molar-refractivity contribution in [1.82, 2.24) is 0 Å². The summed E-state index contributed by atoms with van der Waals surface area (Å²) in [5.74, 6) is 0.230. The van der Waals surface area contributed by atoms with Crippen molar-refractivity contribution < 1.29 is 10.2 Å².